The number of rotatable bonds is 8. The van der Waals surface area contributed by atoms with Crippen molar-refractivity contribution in [1.82, 2.24) is 14.4 Å². The molecule has 1 saturated heterocycles. The van der Waals surface area contributed by atoms with Crippen molar-refractivity contribution in [1.29, 1.82) is 0 Å². The predicted octanol–water partition coefficient (Wildman–Crippen LogP) is 5.65. The average Bonchev–Trinajstić information content (AvgIpc) is 3.33. The minimum Gasteiger partial charge on any atom is -0.491 e. The van der Waals surface area contributed by atoms with Crippen LogP contribution >= 0.6 is 0 Å². The predicted molar refractivity (Wildman–Crippen MR) is 162 cm³/mol. The standard InChI is InChI=1S/C34H37N3O5/c1-24-19-30(32(38)36-18-17-35(33(39)40)22-28(36)20-25-11-6-4-7-12-25)31(26-13-8-5-9-14-26)37(24)27-15-10-16-29(21-27)42-23-34(2,3)41/h4-16,19,21,28,41H,17-18,20,22-23H2,1-3H3,(H,39,40)/t28-/m1/s1. The normalized spacial score (nSPS) is 15.5. The van der Waals surface area contributed by atoms with Crippen molar-refractivity contribution in [2.45, 2.75) is 38.8 Å². The van der Waals surface area contributed by atoms with Gasteiger partial charge in [0.25, 0.3) is 5.91 Å². The smallest absolute Gasteiger partial charge is 0.407 e. The van der Waals surface area contributed by atoms with Crippen molar-refractivity contribution in [3.63, 3.8) is 0 Å². The van der Waals surface area contributed by atoms with Crippen molar-refractivity contribution in [3.05, 3.63) is 108 Å². The van der Waals surface area contributed by atoms with E-state index in [0.717, 1.165) is 28.2 Å². The molecule has 0 unspecified atom stereocenters. The highest BCUT2D eigenvalue weighted by molar-refractivity contribution is 6.01. The van der Waals surface area contributed by atoms with Crippen LogP contribution in [-0.2, 0) is 6.42 Å². The number of piperazine rings is 1. The molecule has 0 bridgehead atoms. The van der Waals surface area contributed by atoms with E-state index in [9.17, 15) is 19.8 Å². The van der Waals surface area contributed by atoms with E-state index in [1.165, 1.54) is 4.90 Å². The second-order valence-corrected chi connectivity index (χ2v) is 11.4. The molecule has 2 heterocycles. The fourth-order valence-corrected chi connectivity index (χ4v) is 5.50. The maximum Gasteiger partial charge on any atom is 0.407 e. The summed E-state index contributed by atoms with van der Waals surface area (Å²) in [7, 11) is 0. The van der Waals surface area contributed by atoms with Gasteiger partial charge < -0.3 is 29.3 Å². The summed E-state index contributed by atoms with van der Waals surface area (Å²) in [6.45, 7) is 6.31. The fraction of sp³-hybridized carbons (Fsp3) is 0.294. The van der Waals surface area contributed by atoms with Crippen LogP contribution in [0.15, 0.2) is 91.0 Å². The number of hydrogen-bond acceptors (Lipinski definition) is 4. The van der Waals surface area contributed by atoms with Crippen LogP contribution in [0.3, 0.4) is 0 Å². The molecule has 0 saturated carbocycles. The number of nitrogens with zero attached hydrogens (tertiary/aromatic N) is 3. The SMILES string of the molecule is Cc1cc(C(=O)N2CCN(C(=O)O)C[C@H]2Cc2ccccc2)c(-c2ccccc2)n1-c1cccc(OCC(C)(C)O)c1. The first kappa shape index (κ1) is 29.0. The van der Waals surface area contributed by atoms with Gasteiger partial charge >= 0.3 is 6.09 Å². The molecule has 1 aliphatic rings. The van der Waals surface area contributed by atoms with Gasteiger partial charge in [0.1, 0.15) is 12.4 Å². The van der Waals surface area contributed by atoms with Gasteiger partial charge in [0.05, 0.1) is 22.9 Å². The summed E-state index contributed by atoms with van der Waals surface area (Å²) in [5, 5.41) is 19.9. The lowest BCUT2D eigenvalue weighted by atomic mass is 10.00. The van der Waals surface area contributed by atoms with E-state index in [1.54, 1.807) is 13.8 Å². The minimum absolute atomic E-state index is 0.129. The van der Waals surface area contributed by atoms with Gasteiger partial charge in [-0.3, -0.25) is 4.79 Å². The fourth-order valence-electron chi connectivity index (χ4n) is 5.50. The Hall–Kier alpha value is -4.56. The van der Waals surface area contributed by atoms with E-state index >= 15 is 0 Å². The molecule has 1 aromatic heterocycles. The Morgan fingerprint density at radius 1 is 0.929 bits per heavy atom. The van der Waals surface area contributed by atoms with E-state index in [4.69, 9.17) is 4.74 Å². The summed E-state index contributed by atoms with van der Waals surface area (Å²) in [4.78, 5) is 29.5. The Labute approximate surface area is 246 Å². The summed E-state index contributed by atoms with van der Waals surface area (Å²) in [6, 6.07) is 28.9. The molecule has 0 aliphatic carbocycles. The highest BCUT2D eigenvalue weighted by Gasteiger charge is 2.35. The highest BCUT2D eigenvalue weighted by atomic mass is 16.5. The molecule has 0 radical (unpaired) electrons. The van der Waals surface area contributed by atoms with Gasteiger partial charge in [-0.15, -0.1) is 0 Å². The number of ether oxygens (including phenoxy) is 1. The molecule has 4 aromatic rings. The quantitative estimate of drug-likeness (QED) is 0.287. The Bertz CT molecular complexity index is 1540. The summed E-state index contributed by atoms with van der Waals surface area (Å²) in [5.41, 5.74) is 3.98. The van der Waals surface area contributed by atoms with Gasteiger partial charge in [-0.2, -0.15) is 0 Å². The average molecular weight is 568 g/mol. The van der Waals surface area contributed by atoms with Crippen LogP contribution in [-0.4, -0.2) is 74.5 Å². The maximum absolute atomic E-state index is 14.4. The Morgan fingerprint density at radius 2 is 1.62 bits per heavy atom. The van der Waals surface area contributed by atoms with Crippen LogP contribution in [0.1, 0.15) is 35.5 Å². The lowest BCUT2D eigenvalue weighted by Crippen LogP contribution is -2.57. The lowest BCUT2D eigenvalue weighted by molar-refractivity contribution is 0.0285. The molecule has 0 spiro atoms. The maximum atomic E-state index is 14.4. The van der Waals surface area contributed by atoms with Crippen LogP contribution in [0, 0.1) is 6.92 Å². The number of amides is 2. The molecule has 2 N–H and O–H groups in total. The van der Waals surface area contributed by atoms with Crippen molar-refractivity contribution in [3.8, 4) is 22.7 Å². The largest absolute Gasteiger partial charge is 0.491 e. The first-order chi connectivity index (χ1) is 20.1. The zero-order valence-corrected chi connectivity index (χ0v) is 24.2. The van der Waals surface area contributed by atoms with Crippen LogP contribution in [0.2, 0.25) is 0 Å². The van der Waals surface area contributed by atoms with Gasteiger partial charge in [0.2, 0.25) is 0 Å². The van der Waals surface area contributed by atoms with Gasteiger partial charge in [-0.25, -0.2) is 4.79 Å². The number of aromatic nitrogens is 1. The summed E-state index contributed by atoms with van der Waals surface area (Å²) in [6.07, 6.45) is -0.420. The molecule has 5 rings (SSSR count). The Balaban J connectivity index is 1.56. The first-order valence-corrected chi connectivity index (χ1v) is 14.2. The van der Waals surface area contributed by atoms with Gasteiger partial charge in [0, 0.05) is 37.1 Å². The van der Waals surface area contributed by atoms with Crippen molar-refractivity contribution >= 4 is 12.0 Å². The van der Waals surface area contributed by atoms with Crippen LogP contribution in [0.25, 0.3) is 16.9 Å². The lowest BCUT2D eigenvalue weighted by Gasteiger charge is -2.40. The van der Waals surface area contributed by atoms with Gasteiger partial charge in [0.15, 0.2) is 0 Å². The molecular weight excluding hydrogens is 530 g/mol. The number of carboxylic acid groups (broad SMARTS) is 1. The zero-order chi connectivity index (χ0) is 29.9. The third kappa shape index (κ3) is 6.50. The minimum atomic E-state index is -0.977. The zero-order valence-electron chi connectivity index (χ0n) is 24.2. The monoisotopic (exact) mass is 567 g/mol. The number of aryl methyl sites for hydroxylation is 1. The van der Waals surface area contributed by atoms with E-state index in [2.05, 4.69) is 4.57 Å². The summed E-state index contributed by atoms with van der Waals surface area (Å²) < 4.78 is 7.93. The molecule has 3 aromatic carbocycles. The van der Waals surface area contributed by atoms with Crippen LogP contribution in [0.4, 0.5) is 4.79 Å². The molecule has 8 nitrogen and oxygen atoms in total. The molecule has 1 fully saturated rings. The van der Waals surface area contributed by atoms with Crippen molar-refractivity contribution in [2.24, 2.45) is 0 Å². The molecule has 2 amide bonds. The van der Waals surface area contributed by atoms with Gasteiger partial charge in [-0.05, 0) is 56.5 Å². The molecule has 1 aliphatic heterocycles. The number of hydrogen-bond donors (Lipinski definition) is 2. The van der Waals surface area contributed by atoms with E-state index in [0.29, 0.717) is 24.3 Å². The topological polar surface area (TPSA) is 95.2 Å². The van der Waals surface area contributed by atoms with E-state index in [-0.39, 0.29) is 31.6 Å². The summed E-state index contributed by atoms with van der Waals surface area (Å²) >= 11 is 0. The molecule has 8 heteroatoms. The number of aliphatic hydroxyl groups is 1. The molecule has 218 valence electrons. The Morgan fingerprint density at radius 3 is 2.29 bits per heavy atom. The van der Waals surface area contributed by atoms with E-state index in [1.807, 2.05) is 103 Å². The van der Waals surface area contributed by atoms with E-state index < -0.39 is 11.7 Å². The van der Waals surface area contributed by atoms with Gasteiger partial charge in [-0.1, -0.05) is 66.7 Å². The first-order valence-electron chi connectivity index (χ1n) is 14.2. The molecule has 42 heavy (non-hydrogen) atoms. The number of benzene rings is 3. The second-order valence-electron chi connectivity index (χ2n) is 11.4. The number of carbonyl (C=O) groups excluding carboxylic acids is 1. The van der Waals surface area contributed by atoms with Crippen molar-refractivity contribution in [2.75, 3.05) is 26.2 Å². The molecule has 1 atom stereocenters. The number of carbonyl (C=O) groups is 2. The third-order valence-electron chi connectivity index (χ3n) is 7.46. The molecular formula is C34H37N3O5. The second kappa shape index (κ2) is 12.1. The van der Waals surface area contributed by atoms with Crippen molar-refractivity contribution < 1.29 is 24.5 Å². The van der Waals surface area contributed by atoms with Crippen LogP contribution in [0.5, 0.6) is 5.75 Å². The summed E-state index contributed by atoms with van der Waals surface area (Å²) in [5.74, 6) is 0.485. The highest BCUT2D eigenvalue weighted by Crippen LogP contribution is 2.34. The van der Waals surface area contributed by atoms with Crippen LogP contribution < -0.4 is 4.74 Å². The third-order valence-corrected chi connectivity index (χ3v) is 7.46. The Kier molecular flexibility index (Phi) is 8.36.